The molecule has 0 aliphatic heterocycles. The summed E-state index contributed by atoms with van der Waals surface area (Å²) in [5.74, 6) is 0.875. The SMILES string of the molecule is CC.CCOc1cc(Cl)ccc1C. The summed E-state index contributed by atoms with van der Waals surface area (Å²) in [4.78, 5) is 0. The molecule has 2 heteroatoms. The number of ether oxygens (including phenoxy) is 1. The Labute approximate surface area is 85.7 Å². The lowest BCUT2D eigenvalue weighted by atomic mass is 10.2. The molecule has 13 heavy (non-hydrogen) atoms. The third-order valence-corrected chi connectivity index (χ3v) is 1.69. The zero-order chi connectivity index (χ0) is 10.3. The molecule has 0 aromatic heterocycles. The van der Waals surface area contributed by atoms with Crippen LogP contribution in [0.4, 0.5) is 0 Å². The highest BCUT2D eigenvalue weighted by Gasteiger charge is 1.97. The Morgan fingerprint density at radius 2 is 1.92 bits per heavy atom. The van der Waals surface area contributed by atoms with Crippen LogP contribution in [0.15, 0.2) is 18.2 Å². The van der Waals surface area contributed by atoms with Gasteiger partial charge in [0.15, 0.2) is 0 Å². The van der Waals surface area contributed by atoms with E-state index in [1.165, 1.54) is 0 Å². The number of hydrogen-bond donors (Lipinski definition) is 0. The second-order valence-corrected chi connectivity index (χ2v) is 2.78. The van der Waals surface area contributed by atoms with E-state index >= 15 is 0 Å². The molecular formula is C11H17ClO. The third-order valence-electron chi connectivity index (χ3n) is 1.45. The van der Waals surface area contributed by atoms with Crippen molar-refractivity contribution in [3.05, 3.63) is 28.8 Å². The first-order chi connectivity index (χ1) is 6.24. The molecule has 0 N–H and O–H groups in total. The smallest absolute Gasteiger partial charge is 0.123 e. The predicted octanol–water partition coefficient (Wildman–Crippen LogP) is 4.07. The minimum Gasteiger partial charge on any atom is -0.494 e. The van der Waals surface area contributed by atoms with Crippen molar-refractivity contribution in [3.63, 3.8) is 0 Å². The molecular weight excluding hydrogens is 184 g/mol. The average molecular weight is 201 g/mol. The summed E-state index contributed by atoms with van der Waals surface area (Å²) < 4.78 is 5.33. The van der Waals surface area contributed by atoms with E-state index in [0.29, 0.717) is 6.61 Å². The Kier molecular flexibility index (Phi) is 6.43. The van der Waals surface area contributed by atoms with Crippen LogP contribution in [0.25, 0.3) is 0 Å². The van der Waals surface area contributed by atoms with Crippen molar-refractivity contribution in [1.82, 2.24) is 0 Å². The Bertz CT molecular complexity index is 246. The molecule has 0 bridgehead atoms. The number of halogens is 1. The molecule has 0 unspecified atom stereocenters. The van der Waals surface area contributed by atoms with Crippen molar-refractivity contribution in [1.29, 1.82) is 0 Å². The average Bonchev–Trinajstić information content (AvgIpc) is 2.15. The summed E-state index contributed by atoms with van der Waals surface area (Å²) in [5.41, 5.74) is 1.12. The molecule has 0 atom stereocenters. The molecule has 0 heterocycles. The molecule has 74 valence electrons. The first kappa shape index (κ1) is 12.3. The van der Waals surface area contributed by atoms with Crippen LogP contribution in [0.3, 0.4) is 0 Å². The van der Waals surface area contributed by atoms with Gasteiger partial charge >= 0.3 is 0 Å². The van der Waals surface area contributed by atoms with Crippen LogP contribution in [-0.2, 0) is 0 Å². The van der Waals surface area contributed by atoms with Gasteiger partial charge in [0.25, 0.3) is 0 Å². The minimum atomic E-state index is 0.682. The van der Waals surface area contributed by atoms with Crippen molar-refractivity contribution < 1.29 is 4.74 Å². The van der Waals surface area contributed by atoms with E-state index in [4.69, 9.17) is 16.3 Å². The summed E-state index contributed by atoms with van der Waals surface area (Å²) in [5, 5.41) is 0.721. The molecule has 0 amide bonds. The standard InChI is InChI=1S/C9H11ClO.C2H6/c1-3-11-9-6-8(10)5-4-7(9)2;1-2/h4-6H,3H2,1-2H3;1-2H3. The fourth-order valence-corrected chi connectivity index (χ4v) is 1.05. The van der Waals surface area contributed by atoms with Crippen LogP contribution in [-0.4, -0.2) is 6.61 Å². The quantitative estimate of drug-likeness (QED) is 0.699. The molecule has 0 spiro atoms. The summed E-state index contributed by atoms with van der Waals surface area (Å²) in [6.45, 7) is 8.64. The Morgan fingerprint density at radius 3 is 2.46 bits per heavy atom. The van der Waals surface area contributed by atoms with Gasteiger partial charge in [-0.25, -0.2) is 0 Å². The fourth-order valence-electron chi connectivity index (χ4n) is 0.885. The van der Waals surface area contributed by atoms with Gasteiger partial charge < -0.3 is 4.74 Å². The van der Waals surface area contributed by atoms with E-state index in [9.17, 15) is 0 Å². The van der Waals surface area contributed by atoms with Gasteiger partial charge in [0, 0.05) is 5.02 Å². The van der Waals surface area contributed by atoms with Gasteiger partial charge in [-0.05, 0) is 31.5 Å². The monoisotopic (exact) mass is 200 g/mol. The van der Waals surface area contributed by atoms with E-state index in [2.05, 4.69) is 0 Å². The number of rotatable bonds is 2. The van der Waals surface area contributed by atoms with E-state index in [1.54, 1.807) is 0 Å². The molecule has 1 rings (SSSR count). The van der Waals surface area contributed by atoms with Crippen LogP contribution in [0.2, 0.25) is 5.02 Å². The van der Waals surface area contributed by atoms with Crippen LogP contribution >= 0.6 is 11.6 Å². The third kappa shape index (κ3) is 4.18. The first-order valence-electron chi connectivity index (χ1n) is 4.63. The summed E-state index contributed by atoms with van der Waals surface area (Å²) in [7, 11) is 0. The molecule has 1 aromatic rings. The maximum Gasteiger partial charge on any atom is 0.123 e. The van der Waals surface area contributed by atoms with Crippen molar-refractivity contribution in [2.45, 2.75) is 27.7 Å². The minimum absolute atomic E-state index is 0.682. The molecule has 0 saturated carbocycles. The fraction of sp³-hybridized carbons (Fsp3) is 0.455. The summed E-state index contributed by atoms with van der Waals surface area (Å²) in [6, 6.07) is 5.65. The normalized spacial score (nSPS) is 8.69. The van der Waals surface area contributed by atoms with Crippen LogP contribution in [0, 0.1) is 6.92 Å². The molecule has 0 saturated heterocycles. The maximum absolute atomic E-state index is 5.77. The zero-order valence-electron chi connectivity index (χ0n) is 8.73. The van der Waals surface area contributed by atoms with E-state index in [0.717, 1.165) is 16.3 Å². The lowest BCUT2D eigenvalue weighted by Gasteiger charge is -2.05. The Morgan fingerprint density at radius 1 is 1.31 bits per heavy atom. The highest BCUT2D eigenvalue weighted by molar-refractivity contribution is 6.30. The van der Waals surface area contributed by atoms with Gasteiger partial charge in [0.1, 0.15) is 5.75 Å². The van der Waals surface area contributed by atoms with Crippen molar-refractivity contribution in [2.24, 2.45) is 0 Å². The number of benzene rings is 1. The molecule has 0 fully saturated rings. The molecule has 1 nitrogen and oxygen atoms in total. The topological polar surface area (TPSA) is 9.23 Å². The first-order valence-corrected chi connectivity index (χ1v) is 5.00. The van der Waals surface area contributed by atoms with Gasteiger partial charge in [-0.15, -0.1) is 0 Å². The largest absolute Gasteiger partial charge is 0.494 e. The molecule has 0 aliphatic carbocycles. The predicted molar refractivity (Wildman–Crippen MR) is 58.7 cm³/mol. The Hall–Kier alpha value is -0.690. The highest BCUT2D eigenvalue weighted by atomic mass is 35.5. The molecule has 0 radical (unpaired) electrons. The molecule has 1 aromatic carbocycles. The van der Waals surface area contributed by atoms with Gasteiger partial charge in [-0.2, -0.15) is 0 Å². The lowest BCUT2D eigenvalue weighted by Crippen LogP contribution is -1.93. The zero-order valence-corrected chi connectivity index (χ0v) is 9.48. The second-order valence-electron chi connectivity index (χ2n) is 2.34. The lowest BCUT2D eigenvalue weighted by molar-refractivity contribution is 0.338. The van der Waals surface area contributed by atoms with E-state index < -0.39 is 0 Å². The van der Waals surface area contributed by atoms with Gasteiger partial charge in [0.05, 0.1) is 6.61 Å². The van der Waals surface area contributed by atoms with Crippen molar-refractivity contribution in [3.8, 4) is 5.75 Å². The second kappa shape index (κ2) is 6.79. The number of hydrogen-bond acceptors (Lipinski definition) is 1. The van der Waals surface area contributed by atoms with Gasteiger partial charge in [-0.1, -0.05) is 31.5 Å². The van der Waals surface area contributed by atoms with Gasteiger partial charge in [0.2, 0.25) is 0 Å². The van der Waals surface area contributed by atoms with Crippen LogP contribution < -0.4 is 4.74 Å². The van der Waals surface area contributed by atoms with E-state index in [-0.39, 0.29) is 0 Å². The molecule has 0 aliphatic rings. The van der Waals surface area contributed by atoms with Crippen LogP contribution in [0.1, 0.15) is 26.3 Å². The number of aryl methyl sites for hydroxylation is 1. The summed E-state index contributed by atoms with van der Waals surface area (Å²) >= 11 is 5.77. The Balaban J connectivity index is 0.000000671. The maximum atomic E-state index is 5.77. The van der Waals surface area contributed by atoms with Crippen molar-refractivity contribution in [2.75, 3.05) is 6.61 Å². The highest BCUT2D eigenvalue weighted by Crippen LogP contribution is 2.22. The van der Waals surface area contributed by atoms with Crippen molar-refractivity contribution >= 4 is 11.6 Å². The van der Waals surface area contributed by atoms with E-state index in [1.807, 2.05) is 45.9 Å². The van der Waals surface area contributed by atoms with Crippen LogP contribution in [0.5, 0.6) is 5.75 Å². The summed E-state index contributed by atoms with van der Waals surface area (Å²) in [6.07, 6.45) is 0. The van der Waals surface area contributed by atoms with Gasteiger partial charge in [-0.3, -0.25) is 0 Å².